The van der Waals surface area contributed by atoms with Crippen molar-refractivity contribution in [1.82, 2.24) is 14.9 Å². The number of fused-ring (bicyclic) bond motifs is 3. The minimum atomic E-state index is -0.419. The Kier molecular flexibility index (Phi) is 2.85. The molecule has 5 nitrogen and oxygen atoms in total. The molecule has 22 heavy (non-hydrogen) atoms. The van der Waals surface area contributed by atoms with Crippen molar-refractivity contribution in [2.75, 3.05) is 6.54 Å². The second-order valence-electron chi connectivity index (χ2n) is 7.04. The first kappa shape index (κ1) is 13.8. The number of aromatic amines is 1. The van der Waals surface area contributed by atoms with Gasteiger partial charge in [-0.15, -0.1) is 0 Å². The summed E-state index contributed by atoms with van der Waals surface area (Å²) in [7, 11) is 0. The van der Waals surface area contributed by atoms with Gasteiger partial charge in [0.05, 0.1) is 16.6 Å². The van der Waals surface area contributed by atoms with Crippen molar-refractivity contribution in [2.24, 2.45) is 11.7 Å². The molecule has 2 aromatic rings. The van der Waals surface area contributed by atoms with Crippen molar-refractivity contribution in [1.29, 1.82) is 0 Å². The highest BCUT2D eigenvalue weighted by molar-refractivity contribution is 6.04. The third-order valence-electron chi connectivity index (χ3n) is 5.44. The molecule has 1 aromatic heterocycles. The smallest absolute Gasteiger partial charge is 0.250 e. The second-order valence-corrected chi connectivity index (χ2v) is 7.04. The van der Waals surface area contributed by atoms with Crippen LogP contribution in [0.25, 0.3) is 11.0 Å². The van der Waals surface area contributed by atoms with Crippen LogP contribution in [0.5, 0.6) is 0 Å². The van der Waals surface area contributed by atoms with Gasteiger partial charge in [-0.3, -0.25) is 9.69 Å². The molecule has 2 heterocycles. The highest BCUT2D eigenvalue weighted by Crippen LogP contribution is 2.53. The maximum Gasteiger partial charge on any atom is 0.250 e. The molecule has 2 atom stereocenters. The lowest BCUT2D eigenvalue weighted by molar-refractivity contribution is 0.0735. The van der Waals surface area contributed by atoms with Crippen molar-refractivity contribution in [2.45, 2.75) is 44.7 Å². The first-order valence-corrected chi connectivity index (χ1v) is 8.07. The van der Waals surface area contributed by atoms with Gasteiger partial charge in [-0.1, -0.05) is 6.07 Å². The highest BCUT2D eigenvalue weighted by atomic mass is 16.1. The number of para-hydroxylation sites is 1. The van der Waals surface area contributed by atoms with Crippen molar-refractivity contribution in [3.8, 4) is 0 Å². The first-order valence-electron chi connectivity index (χ1n) is 8.07. The standard InChI is InChI=1S/C17H22N4O/c1-10(2)21-9-11-6-7-17(21,8-11)16-19-13-5-3-4-12(15(18)22)14(13)20-16/h3-5,10-11H,6-9H2,1-2H3,(H2,18,22)(H,19,20)/t11-,17-/m0/s1. The monoisotopic (exact) mass is 298 g/mol. The molecule has 5 heteroatoms. The average molecular weight is 298 g/mol. The number of piperidine rings is 1. The number of hydrogen-bond donors (Lipinski definition) is 2. The largest absolute Gasteiger partial charge is 0.366 e. The summed E-state index contributed by atoms with van der Waals surface area (Å²) >= 11 is 0. The van der Waals surface area contributed by atoms with Gasteiger partial charge in [-0.05, 0) is 51.2 Å². The number of nitrogens with zero attached hydrogens (tertiary/aromatic N) is 2. The molecule has 0 spiro atoms. The van der Waals surface area contributed by atoms with Crippen LogP contribution in [0.4, 0.5) is 0 Å². The van der Waals surface area contributed by atoms with E-state index in [0.29, 0.717) is 17.1 Å². The Balaban J connectivity index is 1.87. The zero-order chi connectivity index (χ0) is 15.5. The van der Waals surface area contributed by atoms with Crippen LogP contribution < -0.4 is 5.73 Å². The molecule has 0 unspecified atom stereocenters. The number of likely N-dealkylation sites (tertiary alicyclic amines) is 1. The minimum absolute atomic E-state index is 0.00672. The Labute approximate surface area is 129 Å². The van der Waals surface area contributed by atoms with Gasteiger partial charge in [0.15, 0.2) is 0 Å². The van der Waals surface area contributed by atoms with Crippen molar-refractivity contribution in [3.63, 3.8) is 0 Å². The van der Waals surface area contributed by atoms with Crippen LogP contribution in [0.2, 0.25) is 0 Å². The number of carbonyl (C=O) groups is 1. The Morgan fingerprint density at radius 1 is 1.50 bits per heavy atom. The van der Waals surface area contributed by atoms with Crippen molar-refractivity contribution >= 4 is 16.9 Å². The molecule has 3 N–H and O–H groups in total. The van der Waals surface area contributed by atoms with Gasteiger partial charge in [0.25, 0.3) is 5.91 Å². The van der Waals surface area contributed by atoms with Crippen LogP contribution in [-0.4, -0.2) is 33.4 Å². The third-order valence-corrected chi connectivity index (χ3v) is 5.44. The molecule has 4 rings (SSSR count). The van der Waals surface area contributed by atoms with Gasteiger partial charge in [-0.25, -0.2) is 4.98 Å². The molecular weight excluding hydrogens is 276 g/mol. The number of amides is 1. The summed E-state index contributed by atoms with van der Waals surface area (Å²) < 4.78 is 0. The number of benzene rings is 1. The van der Waals surface area contributed by atoms with Crippen LogP contribution in [0, 0.1) is 5.92 Å². The SMILES string of the molecule is CC(C)N1C[C@H]2CC[C@@]1(c1nc3c(C(N)=O)cccc3[nH]1)C2. The number of rotatable bonds is 3. The van der Waals surface area contributed by atoms with Gasteiger partial charge < -0.3 is 10.7 Å². The molecule has 2 fully saturated rings. The molecule has 0 radical (unpaired) electrons. The summed E-state index contributed by atoms with van der Waals surface area (Å²) in [4.78, 5) is 22.5. The van der Waals surface area contributed by atoms with Gasteiger partial charge in [-0.2, -0.15) is 0 Å². The molecule has 1 saturated heterocycles. The number of nitrogens with one attached hydrogen (secondary N) is 1. The van der Waals surface area contributed by atoms with Gasteiger partial charge in [0.2, 0.25) is 0 Å². The van der Waals surface area contributed by atoms with Crippen LogP contribution in [0.15, 0.2) is 18.2 Å². The average Bonchev–Trinajstić information content (AvgIpc) is 3.18. The molecule has 1 amide bonds. The molecule has 1 aromatic carbocycles. The summed E-state index contributed by atoms with van der Waals surface area (Å²) in [6.07, 6.45) is 3.57. The lowest BCUT2D eigenvalue weighted by Gasteiger charge is -2.40. The Hall–Kier alpha value is -1.88. The summed E-state index contributed by atoms with van der Waals surface area (Å²) in [6.45, 7) is 5.65. The lowest BCUT2D eigenvalue weighted by Crippen LogP contribution is -2.46. The van der Waals surface area contributed by atoms with Crippen molar-refractivity contribution < 1.29 is 4.79 Å². The molecule has 116 valence electrons. The van der Waals surface area contributed by atoms with Gasteiger partial charge in [0.1, 0.15) is 11.3 Å². The number of hydrogen-bond acceptors (Lipinski definition) is 3. The molecule has 1 saturated carbocycles. The fraction of sp³-hybridized carbons (Fsp3) is 0.529. The maximum absolute atomic E-state index is 11.6. The van der Waals surface area contributed by atoms with E-state index in [9.17, 15) is 4.79 Å². The number of imidazole rings is 1. The van der Waals surface area contributed by atoms with Crippen LogP contribution in [-0.2, 0) is 5.54 Å². The Bertz CT molecular complexity index is 750. The zero-order valence-electron chi connectivity index (χ0n) is 13.1. The van der Waals surface area contributed by atoms with Crippen LogP contribution in [0.3, 0.4) is 0 Å². The quantitative estimate of drug-likeness (QED) is 0.913. The number of primary amides is 1. The fourth-order valence-electron chi connectivity index (χ4n) is 4.50. The Morgan fingerprint density at radius 2 is 2.32 bits per heavy atom. The van der Waals surface area contributed by atoms with E-state index < -0.39 is 5.91 Å². The van der Waals surface area contributed by atoms with Crippen LogP contribution >= 0.6 is 0 Å². The van der Waals surface area contributed by atoms with E-state index in [1.165, 1.54) is 6.42 Å². The van der Waals surface area contributed by atoms with Crippen molar-refractivity contribution in [3.05, 3.63) is 29.6 Å². The predicted molar refractivity (Wildman–Crippen MR) is 85.5 cm³/mol. The molecule has 2 aliphatic rings. The lowest BCUT2D eigenvalue weighted by atomic mass is 9.94. The summed E-state index contributed by atoms with van der Waals surface area (Å²) in [5.74, 6) is 1.36. The Morgan fingerprint density at radius 3 is 3.00 bits per heavy atom. The topological polar surface area (TPSA) is 75.0 Å². The summed E-state index contributed by atoms with van der Waals surface area (Å²) in [6, 6.07) is 6.07. The first-order chi connectivity index (χ1) is 10.5. The summed E-state index contributed by atoms with van der Waals surface area (Å²) in [5, 5.41) is 0. The normalized spacial score (nSPS) is 28.0. The molecular formula is C17H22N4O. The molecule has 1 aliphatic carbocycles. The highest BCUT2D eigenvalue weighted by Gasteiger charge is 2.54. The van der Waals surface area contributed by atoms with E-state index in [2.05, 4.69) is 23.7 Å². The number of aromatic nitrogens is 2. The third kappa shape index (κ3) is 1.75. The van der Waals surface area contributed by atoms with Crippen LogP contribution in [0.1, 0.15) is 49.3 Å². The van der Waals surface area contributed by atoms with Gasteiger partial charge >= 0.3 is 0 Å². The minimum Gasteiger partial charge on any atom is -0.366 e. The number of carbonyl (C=O) groups excluding carboxylic acids is 1. The van der Waals surface area contributed by atoms with E-state index >= 15 is 0 Å². The predicted octanol–water partition coefficient (Wildman–Crippen LogP) is 2.38. The second kappa shape index (κ2) is 4.56. The van der Waals surface area contributed by atoms with E-state index in [-0.39, 0.29) is 5.54 Å². The molecule has 2 bridgehead atoms. The van der Waals surface area contributed by atoms with Gasteiger partial charge in [0, 0.05) is 12.6 Å². The number of nitrogens with two attached hydrogens (primary N) is 1. The van der Waals surface area contributed by atoms with E-state index in [1.54, 1.807) is 6.07 Å². The van der Waals surface area contributed by atoms with E-state index in [4.69, 9.17) is 10.7 Å². The number of H-pyrrole nitrogens is 1. The maximum atomic E-state index is 11.6. The zero-order valence-corrected chi connectivity index (χ0v) is 13.1. The van der Waals surface area contributed by atoms with E-state index in [1.807, 2.05) is 12.1 Å². The fourth-order valence-corrected chi connectivity index (χ4v) is 4.50. The molecule has 1 aliphatic heterocycles. The summed E-state index contributed by atoms with van der Waals surface area (Å²) in [5.41, 5.74) is 7.60. The van der Waals surface area contributed by atoms with E-state index in [0.717, 1.165) is 36.6 Å².